The Kier molecular flexibility index (Phi) is 7.18. The maximum atomic E-state index is 12.5. The highest BCUT2D eigenvalue weighted by molar-refractivity contribution is 5.95. The Hall–Kier alpha value is -2.15. The molecule has 0 spiro atoms. The summed E-state index contributed by atoms with van der Waals surface area (Å²) in [4.78, 5) is 30.9. The third kappa shape index (κ3) is 5.16. The predicted molar refractivity (Wildman–Crippen MR) is 95.8 cm³/mol. The number of amides is 3. The lowest BCUT2D eigenvalue weighted by atomic mass is 9.90. The third-order valence-electron chi connectivity index (χ3n) is 4.40. The molecule has 1 saturated heterocycles. The molecule has 1 aromatic heterocycles. The van der Waals surface area contributed by atoms with E-state index in [2.05, 4.69) is 15.6 Å². The van der Waals surface area contributed by atoms with Crippen LogP contribution in [0, 0.1) is 6.92 Å². The summed E-state index contributed by atoms with van der Waals surface area (Å²) in [7, 11) is 1.60. The van der Waals surface area contributed by atoms with Gasteiger partial charge in [-0.05, 0) is 38.8 Å². The molecule has 0 unspecified atom stereocenters. The van der Waals surface area contributed by atoms with Gasteiger partial charge in [0.25, 0.3) is 5.91 Å². The fourth-order valence-corrected chi connectivity index (χ4v) is 3.06. The van der Waals surface area contributed by atoms with Gasteiger partial charge in [-0.1, -0.05) is 0 Å². The number of likely N-dealkylation sites (tertiary alicyclic amines) is 1. The first-order valence-corrected chi connectivity index (χ1v) is 8.84. The molecule has 0 aliphatic carbocycles. The molecule has 7 nitrogen and oxygen atoms in total. The van der Waals surface area contributed by atoms with E-state index in [0.29, 0.717) is 38.3 Å². The number of hydrogen-bond donors (Lipinski definition) is 2. The van der Waals surface area contributed by atoms with E-state index in [1.165, 1.54) is 0 Å². The molecule has 3 amide bonds. The molecule has 138 valence electrons. The van der Waals surface area contributed by atoms with E-state index in [1.54, 1.807) is 7.11 Å². The number of pyridine rings is 1. The van der Waals surface area contributed by atoms with Gasteiger partial charge in [0.2, 0.25) is 0 Å². The van der Waals surface area contributed by atoms with Gasteiger partial charge in [0.1, 0.15) is 0 Å². The second-order valence-electron chi connectivity index (χ2n) is 6.23. The standard InChI is InChI=1S/C18H28N4O3/c1-4-19-18(24)22-10-7-14(8-11-22)16-15(6-5-13(2)21-16)17(23)20-9-12-25-3/h5-6,14H,4,7-12H2,1-3H3,(H,19,24)(H,20,23). The molecule has 25 heavy (non-hydrogen) atoms. The van der Waals surface area contributed by atoms with E-state index in [1.807, 2.05) is 30.9 Å². The second kappa shape index (κ2) is 9.36. The van der Waals surface area contributed by atoms with E-state index in [9.17, 15) is 9.59 Å². The molecular weight excluding hydrogens is 320 g/mol. The highest BCUT2D eigenvalue weighted by Crippen LogP contribution is 2.29. The van der Waals surface area contributed by atoms with Gasteiger partial charge in [0, 0.05) is 44.9 Å². The highest BCUT2D eigenvalue weighted by Gasteiger charge is 2.27. The molecular formula is C18H28N4O3. The minimum absolute atomic E-state index is 0.0179. The van der Waals surface area contributed by atoms with Crippen molar-refractivity contribution in [2.75, 3.05) is 39.9 Å². The van der Waals surface area contributed by atoms with Crippen LogP contribution in [0.3, 0.4) is 0 Å². The monoisotopic (exact) mass is 348 g/mol. The number of methoxy groups -OCH3 is 1. The highest BCUT2D eigenvalue weighted by atomic mass is 16.5. The lowest BCUT2D eigenvalue weighted by Crippen LogP contribution is -2.44. The van der Waals surface area contributed by atoms with Crippen molar-refractivity contribution in [2.24, 2.45) is 0 Å². The van der Waals surface area contributed by atoms with Crippen LogP contribution in [-0.2, 0) is 4.74 Å². The van der Waals surface area contributed by atoms with Crippen LogP contribution >= 0.6 is 0 Å². The maximum Gasteiger partial charge on any atom is 0.317 e. The smallest absolute Gasteiger partial charge is 0.317 e. The molecule has 1 aromatic rings. The normalized spacial score (nSPS) is 15.1. The molecule has 0 bridgehead atoms. The maximum absolute atomic E-state index is 12.5. The largest absolute Gasteiger partial charge is 0.383 e. The molecule has 2 heterocycles. The molecule has 0 radical (unpaired) electrons. The molecule has 0 saturated carbocycles. The number of aromatic nitrogens is 1. The zero-order valence-electron chi connectivity index (χ0n) is 15.3. The fraction of sp³-hybridized carbons (Fsp3) is 0.611. The average Bonchev–Trinajstić information content (AvgIpc) is 2.62. The van der Waals surface area contributed by atoms with Gasteiger partial charge in [0.15, 0.2) is 0 Å². The Labute approximate surface area is 149 Å². The number of aryl methyl sites for hydroxylation is 1. The summed E-state index contributed by atoms with van der Waals surface area (Å²) in [6, 6.07) is 3.69. The number of hydrogen-bond acceptors (Lipinski definition) is 4. The SMILES string of the molecule is CCNC(=O)N1CCC(c2nc(C)ccc2C(=O)NCCOC)CC1. The van der Waals surface area contributed by atoms with E-state index in [4.69, 9.17) is 4.74 Å². The van der Waals surface area contributed by atoms with Crippen LogP contribution in [0.1, 0.15) is 47.4 Å². The molecule has 1 aliphatic rings. The van der Waals surface area contributed by atoms with Gasteiger partial charge >= 0.3 is 6.03 Å². The molecule has 1 fully saturated rings. The average molecular weight is 348 g/mol. The van der Waals surface area contributed by atoms with Crippen molar-refractivity contribution in [3.63, 3.8) is 0 Å². The van der Waals surface area contributed by atoms with Gasteiger partial charge in [-0.3, -0.25) is 9.78 Å². The quantitative estimate of drug-likeness (QED) is 0.766. The summed E-state index contributed by atoms with van der Waals surface area (Å²) in [6.45, 7) is 6.77. The Morgan fingerprint density at radius 1 is 1.28 bits per heavy atom. The molecule has 2 N–H and O–H groups in total. The summed E-state index contributed by atoms with van der Waals surface area (Å²) in [5.74, 6) is 0.0689. The second-order valence-corrected chi connectivity index (χ2v) is 6.23. The minimum Gasteiger partial charge on any atom is -0.383 e. The van der Waals surface area contributed by atoms with Gasteiger partial charge < -0.3 is 20.3 Å². The lowest BCUT2D eigenvalue weighted by molar-refractivity contribution is 0.0934. The van der Waals surface area contributed by atoms with E-state index in [0.717, 1.165) is 24.2 Å². The van der Waals surface area contributed by atoms with Crippen molar-refractivity contribution >= 4 is 11.9 Å². The van der Waals surface area contributed by atoms with Crippen LogP contribution in [0.2, 0.25) is 0 Å². The third-order valence-corrected chi connectivity index (χ3v) is 4.40. The van der Waals surface area contributed by atoms with E-state index >= 15 is 0 Å². The first-order valence-electron chi connectivity index (χ1n) is 8.84. The Bertz CT molecular complexity index is 598. The van der Waals surface area contributed by atoms with Crippen LogP contribution < -0.4 is 10.6 Å². The van der Waals surface area contributed by atoms with Crippen molar-refractivity contribution in [2.45, 2.75) is 32.6 Å². The number of piperidine rings is 1. The number of nitrogens with zero attached hydrogens (tertiary/aromatic N) is 2. The number of ether oxygens (including phenoxy) is 1. The zero-order chi connectivity index (χ0) is 18.2. The van der Waals surface area contributed by atoms with Gasteiger partial charge in [-0.2, -0.15) is 0 Å². The first kappa shape index (κ1) is 19.2. The fourth-order valence-electron chi connectivity index (χ4n) is 3.06. The number of rotatable bonds is 6. The van der Waals surface area contributed by atoms with Crippen molar-refractivity contribution in [1.29, 1.82) is 0 Å². The lowest BCUT2D eigenvalue weighted by Gasteiger charge is -2.32. The number of carbonyl (C=O) groups is 2. The van der Waals surface area contributed by atoms with Crippen molar-refractivity contribution in [1.82, 2.24) is 20.5 Å². The van der Waals surface area contributed by atoms with Gasteiger partial charge in [-0.15, -0.1) is 0 Å². The van der Waals surface area contributed by atoms with Crippen molar-refractivity contribution in [3.8, 4) is 0 Å². The molecule has 0 atom stereocenters. The topological polar surface area (TPSA) is 83.6 Å². The minimum atomic E-state index is -0.120. The van der Waals surface area contributed by atoms with Crippen LogP contribution in [0.25, 0.3) is 0 Å². The summed E-state index contributed by atoms with van der Waals surface area (Å²) in [5, 5.41) is 5.70. The summed E-state index contributed by atoms with van der Waals surface area (Å²) in [5.41, 5.74) is 2.36. The summed E-state index contributed by atoms with van der Waals surface area (Å²) < 4.78 is 4.97. The summed E-state index contributed by atoms with van der Waals surface area (Å²) in [6.07, 6.45) is 1.62. The Balaban J connectivity index is 2.07. The van der Waals surface area contributed by atoms with Gasteiger partial charge in [0.05, 0.1) is 17.9 Å². The van der Waals surface area contributed by atoms with E-state index in [-0.39, 0.29) is 17.9 Å². The van der Waals surface area contributed by atoms with Crippen molar-refractivity contribution < 1.29 is 14.3 Å². The Morgan fingerprint density at radius 3 is 2.64 bits per heavy atom. The number of urea groups is 1. The predicted octanol–water partition coefficient (Wildman–Crippen LogP) is 1.68. The van der Waals surface area contributed by atoms with Crippen LogP contribution in [0.4, 0.5) is 4.79 Å². The first-order chi connectivity index (χ1) is 12.1. The molecule has 7 heteroatoms. The van der Waals surface area contributed by atoms with Gasteiger partial charge in [-0.25, -0.2) is 4.79 Å². The zero-order valence-corrected chi connectivity index (χ0v) is 15.3. The van der Waals surface area contributed by atoms with Crippen LogP contribution in [-0.4, -0.2) is 61.7 Å². The number of nitrogens with one attached hydrogen (secondary N) is 2. The molecule has 0 aromatic carbocycles. The van der Waals surface area contributed by atoms with Crippen LogP contribution in [0.15, 0.2) is 12.1 Å². The van der Waals surface area contributed by atoms with Crippen LogP contribution in [0.5, 0.6) is 0 Å². The van der Waals surface area contributed by atoms with Crippen molar-refractivity contribution in [3.05, 3.63) is 29.1 Å². The summed E-state index contributed by atoms with van der Waals surface area (Å²) >= 11 is 0. The number of carbonyl (C=O) groups excluding carboxylic acids is 2. The Morgan fingerprint density at radius 2 is 2.00 bits per heavy atom. The van der Waals surface area contributed by atoms with E-state index < -0.39 is 0 Å². The molecule has 2 rings (SSSR count). The molecule has 1 aliphatic heterocycles.